The van der Waals surface area contributed by atoms with Gasteiger partial charge in [0, 0.05) is 12.6 Å². The van der Waals surface area contributed by atoms with Gasteiger partial charge < -0.3 is 5.73 Å². The standard InChI is InChI=1S/C11H14F2N2O2S/c12-8-3-4-9(13)11(5-8)18(16,17)15-10(6-14)7-1-2-7/h3-5,7,10,15H,1-2,6,14H2. The van der Waals surface area contributed by atoms with E-state index in [9.17, 15) is 17.2 Å². The third kappa shape index (κ3) is 2.85. The molecule has 0 heterocycles. The van der Waals surface area contributed by atoms with Gasteiger partial charge in [-0.1, -0.05) is 0 Å². The molecule has 0 amide bonds. The van der Waals surface area contributed by atoms with E-state index in [0.29, 0.717) is 6.07 Å². The lowest BCUT2D eigenvalue weighted by molar-refractivity contribution is 0.508. The van der Waals surface area contributed by atoms with E-state index in [1.54, 1.807) is 0 Å². The third-order valence-corrected chi connectivity index (χ3v) is 4.44. The van der Waals surface area contributed by atoms with E-state index >= 15 is 0 Å². The minimum Gasteiger partial charge on any atom is -0.329 e. The zero-order chi connectivity index (χ0) is 13.3. The Morgan fingerprint density at radius 1 is 1.39 bits per heavy atom. The van der Waals surface area contributed by atoms with Crippen LogP contribution in [0.3, 0.4) is 0 Å². The highest BCUT2D eigenvalue weighted by Gasteiger charge is 2.34. The number of hydrogen-bond donors (Lipinski definition) is 2. The molecule has 0 spiro atoms. The van der Waals surface area contributed by atoms with Gasteiger partial charge in [0.2, 0.25) is 10.0 Å². The number of nitrogens with two attached hydrogens (primary N) is 1. The lowest BCUT2D eigenvalue weighted by Gasteiger charge is -2.16. The van der Waals surface area contributed by atoms with Gasteiger partial charge in [-0.15, -0.1) is 0 Å². The van der Waals surface area contributed by atoms with Crippen LogP contribution in [0.4, 0.5) is 8.78 Å². The van der Waals surface area contributed by atoms with Crippen LogP contribution in [0.5, 0.6) is 0 Å². The summed E-state index contributed by atoms with van der Waals surface area (Å²) in [6, 6.07) is 1.91. The molecule has 1 aliphatic carbocycles. The maximum Gasteiger partial charge on any atom is 0.243 e. The smallest absolute Gasteiger partial charge is 0.243 e. The fourth-order valence-electron chi connectivity index (χ4n) is 1.78. The Balaban J connectivity index is 2.26. The highest BCUT2D eigenvalue weighted by Crippen LogP contribution is 2.33. The largest absolute Gasteiger partial charge is 0.329 e. The molecule has 0 saturated heterocycles. The van der Waals surface area contributed by atoms with Crippen molar-refractivity contribution in [2.45, 2.75) is 23.8 Å². The first-order chi connectivity index (χ1) is 8.44. The maximum absolute atomic E-state index is 13.4. The second kappa shape index (κ2) is 4.91. The Bertz CT molecular complexity index is 544. The van der Waals surface area contributed by atoms with Gasteiger partial charge in [0.1, 0.15) is 16.5 Å². The van der Waals surface area contributed by atoms with Gasteiger partial charge >= 0.3 is 0 Å². The molecule has 1 atom stereocenters. The van der Waals surface area contributed by atoms with E-state index in [1.807, 2.05) is 0 Å². The molecule has 2 rings (SSSR count). The maximum atomic E-state index is 13.4. The number of rotatable bonds is 5. The summed E-state index contributed by atoms with van der Waals surface area (Å²) >= 11 is 0. The molecule has 18 heavy (non-hydrogen) atoms. The highest BCUT2D eigenvalue weighted by molar-refractivity contribution is 7.89. The Hall–Kier alpha value is -1.05. The molecule has 1 aliphatic rings. The summed E-state index contributed by atoms with van der Waals surface area (Å²) in [5.74, 6) is -1.58. The molecule has 1 aromatic carbocycles. The van der Waals surface area contributed by atoms with Crippen LogP contribution in [0.25, 0.3) is 0 Å². The summed E-state index contributed by atoms with van der Waals surface area (Å²) in [4.78, 5) is -0.679. The van der Waals surface area contributed by atoms with Crippen LogP contribution < -0.4 is 10.5 Å². The average Bonchev–Trinajstić information content (AvgIpc) is 3.13. The van der Waals surface area contributed by atoms with Crippen LogP contribution in [0.2, 0.25) is 0 Å². The van der Waals surface area contributed by atoms with Crippen molar-refractivity contribution in [1.82, 2.24) is 4.72 Å². The normalized spacial score (nSPS) is 17.7. The molecule has 1 unspecified atom stereocenters. The van der Waals surface area contributed by atoms with E-state index < -0.39 is 32.6 Å². The van der Waals surface area contributed by atoms with Crippen molar-refractivity contribution in [2.75, 3.05) is 6.54 Å². The number of benzene rings is 1. The first kappa shape index (κ1) is 13.4. The summed E-state index contributed by atoms with van der Waals surface area (Å²) in [5.41, 5.74) is 5.47. The molecule has 0 aromatic heterocycles. The minimum atomic E-state index is -4.07. The molecule has 100 valence electrons. The van der Waals surface area contributed by atoms with Crippen LogP contribution in [-0.4, -0.2) is 21.0 Å². The minimum absolute atomic E-state index is 0.140. The molecular formula is C11H14F2N2O2S. The summed E-state index contributed by atoms with van der Waals surface area (Å²) in [6.45, 7) is 0.140. The summed E-state index contributed by atoms with van der Waals surface area (Å²) in [5, 5.41) is 0. The molecule has 0 radical (unpaired) electrons. The predicted molar refractivity (Wildman–Crippen MR) is 62.2 cm³/mol. The monoisotopic (exact) mass is 276 g/mol. The quantitative estimate of drug-likeness (QED) is 0.842. The van der Waals surface area contributed by atoms with Gasteiger partial charge in [-0.25, -0.2) is 21.9 Å². The van der Waals surface area contributed by atoms with E-state index in [0.717, 1.165) is 25.0 Å². The zero-order valence-electron chi connectivity index (χ0n) is 9.57. The zero-order valence-corrected chi connectivity index (χ0v) is 10.4. The molecule has 0 bridgehead atoms. The molecule has 1 saturated carbocycles. The molecular weight excluding hydrogens is 262 g/mol. The molecule has 4 nitrogen and oxygen atoms in total. The van der Waals surface area contributed by atoms with Crippen molar-refractivity contribution in [2.24, 2.45) is 11.7 Å². The Labute approximate surface area is 104 Å². The number of halogens is 2. The summed E-state index contributed by atoms with van der Waals surface area (Å²) in [7, 11) is -4.07. The summed E-state index contributed by atoms with van der Waals surface area (Å²) < 4.78 is 52.6. The van der Waals surface area contributed by atoms with Gasteiger partial charge in [-0.2, -0.15) is 0 Å². The van der Waals surface area contributed by atoms with Crippen molar-refractivity contribution in [3.8, 4) is 0 Å². The van der Waals surface area contributed by atoms with Crippen molar-refractivity contribution in [1.29, 1.82) is 0 Å². The first-order valence-corrected chi connectivity index (χ1v) is 7.10. The fourth-order valence-corrected chi connectivity index (χ4v) is 3.19. The Kier molecular flexibility index (Phi) is 3.65. The van der Waals surface area contributed by atoms with Gasteiger partial charge in [-0.05, 0) is 37.0 Å². The van der Waals surface area contributed by atoms with Crippen LogP contribution in [0.1, 0.15) is 12.8 Å². The van der Waals surface area contributed by atoms with E-state index in [-0.39, 0.29) is 12.5 Å². The number of nitrogens with one attached hydrogen (secondary N) is 1. The van der Waals surface area contributed by atoms with Crippen LogP contribution >= 0.6 is 0 Å². The Morgan fingerprint density at radius 3 is 2.61 bits per heavy atom. The lowest BCUT2D eigenvalue weighted by Crippen LogP contribution is -2.41. The van der Waals surface area contributed by atoms with Crippen molar-refractivity contribution >= 4 is 10.0 Å². The van der Waals surface area contributed by atoms with E-state index in [4.69, 9.17) is 5.73 Å². The lowest BCUT2D eigenvalue weighted by atomic mass is 10.2. The van der Waals surface area contributed by atoms with Crippen LogP contribution in [0.15, 0.2) is 23.1 Å². The molecule has 3 N–H and O–H groups in total. The van der Waals surface area contributed by atoms with E-state index in [2.05, 4.69) is 4.72 Å². The highest BCUT2D eigenvalue weighted by atomic mass is 32.2. The van der Waals surface area contributed by atoms with Crippen molar-refractivity contribution in [3.63, 3.8) is 0 Å². The molecule has 0 aliphatic heterocycles. The SMILES string of the molecule is NCC(NS(=O)(=O)c1cc(F)ccc1F)C1CC1. The topological polar surface area (TPSA) is 72.2 Å². The third-order valence-electron chi connectivity index (χ3n) is 2.93. The first-order valence-electron chi connectivity index (χ1n) is 5.61. The van der Waals surface area contributed by atoms with Gasteiger partial charge in [0.15, 0.2) is 0 Å². The van der Waals surface area contributed by atoms with Gasteiger partial charge in [-0.3, -0.25) is 0 Å². The van der Waals surface area contributed by atoms with E-state index in [1.165, 1.54) is 0 Å². The predicted octanol–water partition coefficient (Wildman–Crippen LogP) is 0.980. The van der Waals surface area contributed by atoms with Gasteiger partial charge in [0.25, 0.3) is 0 Å². The fraction of sp³-hybridized carbons (Fsp3) is 0.455. The Morgan fingerprint density at radius 2 is 2.06 bits per heavy atom. The number of sulfonamides is 1. The van der Waals surface area contributed by atoms with Crippen LogP contribution in [-0.2, 0) is 10.0 Å². The molecule has 7 heteroatoms. The second-order valence-corrected chi connectivity index (χ2v) is 6.06. The number of hydrogen-bond acceptors (Lipinski definition) is 3. The summed E-state index contributed by atoms with van der Waals surface area (Å²) in [6.07, 6.45) is 1.80. The molecule has 1 fully saturated rings. The average molecular weight is 276 g/mol. The second-order valence-electron chi connectivity index (χ2n) is 4.38. The molecule has 1 aromatic rings. The van der Waals surface area contributed by atoms with Gasteiger partial charge in [0.05, 0.1) is 0 Å². The van der Waals surface area contributed by atoms with Crippen molar-refractivity contribution < 1.29 is 17.2 Å². The van der Waals surface area contributed by atoms with Crippen LogP contribution in [0, 0.1) is 17.6 Å². The van der Waals surface area contributed by atoms with Crippen molar-refractivity contribution in [3.05, 3.63) is 29.8 Å².